The van der Waals surface area contributed by atoms with Crippen LogP contribution in [0.25, 0.3) is 0 Å². The minimum absolute atomic E-state index is 0.255. The average molecular weight is 132 g/mol. The van der Waals surface area contributed by atoms with E-state index < -0.39 is 0 Å². The van der Waals surface area contributed by atoms with Crippen molar-refractivity contribution in [2.45, 2.75) is 0 Å². The summed E-state index contributed by atoms with van der Waals surface area (Å²) in [5.41, 5.74) is 0. The SMILES string of the molecule is CNc1ncc(F)s1. The molecule has 8 heavy (non-hydrogen) atoms. The Bertz CT molecular complexity index is 174. The van der Waals surface area contributed by atoms with Crippen molar-refractivity contribution in [2.75, 3.05) is 12.4 Å². The molecule has 0 saturated heterocycles. The van der Waals surface area contributed by atoms with Crippen LogP contribution in [0.1, 0.15) is 0 Å². The Balaban J connectivity index is 2.84. The van der Waals surface area contributed by atoms with Gasteiger partial charge < -0.3 is 5.32 Å². The van der Waals surface area contributed by atoms with Crippen LogP contribution in [0.15, 0.2) is 6.20 Å². The van der Waals surface area contributed by atoms with Gasteiger partial charge >= 0.3 is 0 Å². The molecule has 4 heteroatoms. The fraction of sp³-hybridized carbons (Fsp3) is 0.250. The molecule has 0 aromatic carbocycles. The maximum Gasteiger partial charge on any atom is 0.198 e. The number of nitrogens with zero attached hydrogens (tertiary/aromatic N) is 1. The van der Waals surface area contributed by atoms with E-state index in [4.69, 9.17) is 0 Å². The van der Waals surface area contributed by atoms with Gasteiger partial charge in [-0.15, -0.1) is 0 Å². The Hall–Kier alpha value is -0.640. The highest BCUT2D eigenvalue weighted by atomic mass is 32.1. The summed E-state index contributed by atoms with van der Waals surface area (Å²) in [5.74, 6) is 0. The number of anilines is 1. The van der Waals surface area contributed by atoms with E-state index in [0.717, 1.165) is 11.3 Å². The normalized spacial score (nSPS) is 9.25. The maximum absolute atomic E-state index is 12.0. The van der Waals surface area contributed by atoms with Gasteiger partial charge in [-0.2, -0.15) is 4.39 Å². The first-order chi connectivity index (χ1) is 3.83. The zero-order valence-corrected chi connectivity index (χ0v) is 5.13. The molecule has 0 fully saturated rings. The van der Waals surface area contributed by atoms with Gasteiger partial charge in [-0.1, -0.05) is 11.3 Å². The molecule has 1 rings (SSSR count). The molecular weight excluding hydrogens is 127 g/mol. The van der Waals surface area contributed by atoms with Crippen molar-refractivity contribution < 1.29 is 4.39 Å². The molecule has 0 aliphatic rings. The summed E-state index contributed by atoms with van der Waals surface area (Å²) in [4.78, 5) is 3.67. The summed E-state index contributed by atoms with van der Waals surface area (Å²) in [6, 6.07) is 0. The first kappa shape index (κ1) is 5.50. The van der Waals surface area contributed by atoms with Crippen molar-refractivity contribution in [3.63, 3.8) is 0 Å². The number of thiazole rings is 1. The van der Waals surface area contributed by atoms with Gasteiger partial charge in [-0.3, -0.25) is 0 Å². The molecule has 0 amide bonds. The average Bonchev–Trinajstić information content (AvgIpc) is 2.14. The summed E-state index contributed by atoms with van der Waals surface area (Å²) >= 11 is 0.999. The lowest BCUT2D eigenvalue weighted by Crippen LogP contribution is -1.83. The molecule has 0 atom stereocenters. The zero-order valence-electron chi connectivity index (χ0n) is 4.31. The Kier molecular flexibility index (Phi) is 1.43. The van der Waals surface area contributed by atoms with Crippen LogP contribution in [0.3, 0.4) is 0 Å². The summed E-state index contributed by atoms with van der Waals surface area (Å²) in [6.07, 6.45) is 1.19. The van der Waals surface area contributed by atoms with Gasteiger partial charge in [0.2, 0.25) is 0 Å². The predicted molar refractivity (Wildman–Crippen MR) is 31.6 cm³/mol. The molecular formula is C4H5FN2S. The fourth-order valence-electron chi connectivity index (χ4n) is 0.370. The lowest BCUT2D eigenvalue weighted by atomic mass is 11.0. The molecule has 2 nitrogen and oxygen atoms in total. The molecule has 0 unspecified atom stereocenters. The number of aromatic nitrogens is 1. The van der Waals surface area contributed by atoms with Crippen LogP contribution < -0.4 is 5.32 Å². The molecule has 1 aromatic rings. The number of nitrogens with one attached hydrogen (secondary N) is 1. The van der Waals surface area contributed by atoms with E-state index in [1.54, 1.807) is 7.05 Å². The highest BCUT2D eigenvalue weighted by molar-refractivity contribution is 7.13. The first-order valence-electron chi connectivity index (χ1n) is 2.12. The van der Waals surface area contributed by atoms with Gasteiger partial charge in [0, 0.05) is 7.05 Å². The fourth-order valence-corrected chi connectivity index (χ4v) is 0.868. The van der Waals surface area contributed by atoms with E-state index in [-0.39, 0.29) is 5.13 Å². The van der Waals surface area contributed by atoms with E-state index in [2.05, 4.69) is 10.3 Å². The molecule has 1 aromatic heterocycles. The Morgan fingerprint density at radius 1 is 1.88 bits per heavy atom. The van der Waals surface area contributed by atoms with E-state index in [1.807, 2.05) is 0 Å². The van der Waals surface area contributed by atoms with E-state index in [0.29, 0.717) is 5.13 Å². The van der Waals surface area contributed by atoms with Gasteiger partial charge in [-0.25, -0.2) is 4.98 Å². The van der Waals surface area contributed by atoms with E-state index >= 15 is 0 Å². The third-order valence-electron chi connectivity index (χ3n) is 0.691. The van der Waals surface area contributed by atoms with Crippen molar-refractivity contribution >= 4 is 16.5 Å². The standard InChI is InChI=1S/C4H5FN2S/c1-6-4-7-2-3(5)8-4/h2H,1H3,(H,6,7). The molecule has 0 radical (unpaired) electrons. The van der Waals surface area contributed by atoms with Crippen LogP contribution in [0.4, 0.5) is 9.52 Å². The second-order valence-electron chi connectivity index (χ2n) is 1.22. The quantitative estimate of drug-likeness (QED) is 0.623. The molecule has 1 heterocycles. The summed E-state index contributed by atoms with van der Waals surface area (Å²) in [5, 5.41) is 3.07. The lowest BCUT2D eigenvalue weighted by molar-refractivity contribution is 0.653. The zero-order chi connectivity index (χ0) is 5.98. The molecule has 1 N–H and O–H groups in total. The second kappa shape index (κ2) is 2.09. The molecule has 0 bridgehead atoms. The van der Waals surface area contributed by atoms with Crippen LogP contribution >= 0.6 is 11.3 Å². The highest BCUT2D eigenvalue weighted by Crippen LogP contribution is 2.13. The van der Waals surface area contributed by atoms with Crippen molar-refractivity contribution in [3.8, 4) is 0 Å². The number of halogens is 1. The van der Waals surface area contributed by atoms with Crippen LogP contribution in [-0.4, -0.2) is 12.0 Å². The van der Waals surface area contributed by atoms with Crippen LogP contribution in [0, 0.1) is 5.13 Å². The highest BCUT2D eigenvalue weighted by Gasteiger charge is 1.94. The van der Waals surface area contributed by atoms with Crippen LogP contribution in [-0.2, 0) is 0 Å². The van der Waals surface area contributed by atoms with Crippen molar-refractivity contribution in [2.24, 2.45) is 0 Å². The molecule has 0 aliphatic heterocycles. The van der Waals surface area contributed by atoms with E-state index in [9.17, 15) is 4.39 Å². The number of hydrogen-bond acceptors (Lipinski definition) is 3. The van der Waals surface area contributed by atoms with Crippen molar-refractivity contribution in [3.05, 3.63) is 11.3 Å². The molecule has 0 aliphatic carbocycles. The smallest absolute Gasteiger partial charge is 0.198 e. The van der Waals surface area contributed by atoms with Crippen molar-refractivity contribution in [1.82, 2.24) is 4.98 Å². The molecule has 44 valence electrons. The Labute approximate surface area is 50.4 Å². The van der Waals surface area contributed by atoms with Gasteiger partial charge in [0.1, 0.15) is 0 Å². The predicted octanol–water partition coefficient (Wildman–Crippen LogP) is 1.32. The van der Waals surface area contributed by atoms with Gasteiger partial charge in [-0.05, 0) is 0 Å². The third-order valence-corrected chi connectivity index (χ3v) is 1.49. The molecule has 0 spiro atoms. The summed E-state index contributed by atoms with van der Waals surface area (Å²) < 4.78 is 12.0. The van der Waals surface area contributed by atoms with Gasteiger partial charge in [0.25, 0.3) is 0 Å². The maximum atomic E-state index is 12.0. The minimum Gasteiger partial charge on any atom is -0.365 e. The first-order valence-corrected chi connectivity index (χ1v) is 2.93. The van der Waals surface area contributed by atoms with Gasteiger partial charge in [0.05, 0.1) is 6.20 Å². The second-order valence-corrected chi connectivity index (χ2v) is 2.20. The number of hydrogen-bond donors (Lipinski definition) is 1. The minimum atomic E-state index is -0.255. The summed E-state index contributed by atoms with van der Waals surface area (Å²) in [6.45, 7) is 0. The largest absolute Gasteiger partial charge is 0.365 e. The Morgan fingerprint density at radius 3 is 2.88 bits per heavy atom. The molecule has 0 saturated carbocycles. The monoisotopic (exact) mass is 132 g/mol. The third kappa shape index (κ3) is 0.949. The van der Waals surface area contributed by atoms with Crippen LogP contribution in [0.2, 0.25) is 0 Å². The Morgan fingerprint density at radius 2 is 2.62 bits per heavy atom. The van der Waals surface area contributed by atoms with Crippen LogP contribution in [0.5, 0.6) is 0 Å². The topological polar surface area (TPSA) is 24.9 Å². The van der Waals surface area contributed by atoms with Crippen molar-refractivity contribution in [1.29, 1.82) is 0 Å². The van der Waals surface area contributed by atoms with Gasteiger partial charge in [0.15, 0.2) is 10.3 Å². The lowest BCUT2D eigenvalue weighted by Gasteiger charge is -1.83. The number of rotatable bonds is 1. The van der Waals surface area contributed by atoms with E-state index in [1.165, 1.54) is 6.20 Å². The summed E-state index contributed by atoms with van der Waals surface area (Å²) in [7, 11) is 1.71.